The molecule has 174 valence electrons. The van der Waals surface area contributed by atoms with Gasteiger partial charge >= 0.3 is 0 Å². The highest BCUT2D eigenvalue weighted by Crippen LogP contribution is 2.27. The van der Waals surface area contributed by atoms with E-state index >= 15 is 0 Å². The van der Waals surface area contributed by atoms with E-state index in [-0.39, 0.29) is 11.5 Å². The molecule has 0 atom stereocenters. The minimum absolute atomic E-state index is 0.209. The molecule has 2 aromatic heterocycles. The number of hydrogen-bond donors (Lipinski definition) is 2. The van der Waals surface area contributed by atoms with Gasteiger partial charge in [-0.05, 0) is 66.7 Å². The Morgan fingerprint density at radius 3 is 2.65 bits per heavy atom. The summed E-state index contributed by atoms with van der Waals surface area (Å²) in [6, 6.07) is 16.1. The van der Waals surface area contributed by atoms with Crippen LogP contribution < -0.4 is 20.3 Å². The standard InChI is InChI=1S/C25H24N4O4S/c1-32-21-9-6-16(13-22(21)33-2)10-12-29-24(31)19-8-7-17(14-20(19)28-25(29)34)23(30)27-15-18-5-3-4-11-26-18/h3-9,11,13-14H,10,12,15H2,1-2H3,(H,27,30)(H,28,34). The topological polar surface area (TPSA) is 98.2 Å². The Kier molecular flexibility index (Phi) is 7.03. The Hall–Kier alpha value is -3.98. The van der Waals surface area contributed by atoms with Gasteiger partial charge in [0.05, 0.1) is 37.4 Å². The summed E-state index contributed by atoms with van der Waals surface area (Å²) in [5.41, 5.74) is 2.48. The number of ether oxygens (including phenoxy) is 2. The smallest absolute Gasteiger partial charge is 0.262 e. The lowest BCUT2D eigenvalue weighted by Crippen LogP contribution is -2.25. The third-order valence-electron chi connectivity index (χ3n) is 5.47. The van der Waals surface area contributed by atoms with E-state index in [9.17, 15) is 9.59 Å². The number of aromatic amines is 1. The number of carbonyl (C=O) groups excluding carboxylic acids is 1. The van der Waals surface area contributed by atoms with Crippen molar-refractivity contribution in [3.63, 3.8) is 0 Å². The van der Waals surface area contributed by atoms with Crippen LogP contribution >= 0.6 is 12.2 Å². The molecule has 34 heavy (non-hydrogen) atoms. The van der Waals surface area contributed by atoms with Gasteiger partial charge in [-0.3, -0.25) is 19.1 Å². The molecule has 0 aliphatic rings. The number of aryl methyl sites for hydroxylation is 1. The van der Waals surface area contributed by atoms with Crippen molar-refractivity contribution >= 4 is 29.0 Å². The zero-order valence-corrected chi connectivity index (χ0v) is 19.6. The number of hydrogen-bond acceptors (Lipinski definition) is 6. The Balaban J connectivity index is 1.53. The number of pyridine rings is 1. The first kappa shape index (κ1) is 23.2. The summed E-state index contributed by atoms with van der Waals surface area (Å²) >= 11 is 5.45. The maximum atomic E-state index is 13.1. The number of H-pyrrole nitrogens is 1. The monoisotopic (exact) mass is 476 g/mol. The highest BCUT2D eigenvalue weighted by Gasteiger charge is 2.11. The molecule has 0 fully saturated rings. The molecular weight excluding hydrogens is 452 g/mol. The summed E-state index contributed by atoms with van der Waals surface area (Å²) < 4.78 is 12.4. The predicted molar refractivity (Wildman–Crippen MR) is 132 cm³/mol. The first-order valence-corrected chi connectivity index (χ1v) is 11.1. The number of benzene rings is 2. The van der Waals surface area contributed by atoms with Crippen LogP contribution in [0.25, 0.3) is 10.9 Å². The summed E-state index contributed by atoms with van der Waals surface area (Å²) in [7, 11) is 3.17. The molecule has 2 N–H and O–H groups in total. The lowest BCUT2D eigenvalue weighted by atomic mass is 10.1. The Bertz CT molecular complexity index is 1450. The Labute approximate surface area is 201 Å². The van der Waals surface area contributed by atoms with Gasteiger partial charge in [0.2, 0.25) is 0 Å². The molecule has 2 aromatic carbocycles. The van der Waals surface area contributed by atoms with Crippen LogP contribution in [0.4, 0.5) is 0 Å². The summed E-state index contributed by atoms with van der Waals surface area (Å²) in [6.45, 7) is 0.706. The number of nitrogens with zero attached hydrogens (tertiary/aromatic N) is 2. The SMILES string of the molecule is COc1ccc(CCn2c(=S)[nH]c3cc(C(=O)NCc4ccccn4)ccc3c2=O)cc1OC. The number of amides is 1. The van der Waals surface area contributed by atoms with Crippen LogP contribution in [0.15, 0.2) is 65.6 Å². The van der Waals surface area contributed by atoms with E-state index < -0.39 is 0 Å². The molecule has 0 spiro atoms. The van der Waals surface area contributed by atoms with Gasteiger partial charge in [0.15, 0.2) is 16.3 Å². The van der Waals surface area contributed by atoms with Crippen molar-refractivity contribution in [2.45, 2.75) is 19.5 Å². The maximum Gasteiger partial charge on any atom is 0.262 e. The van der Waals surface area contributed by atoms with E-state index in [0.29, 0.717) is 52.2 Å². The second-order valence-corrected chi connectivity index (χ2v) is 7.98. The largest absolute Gasteiger partial charge is 0.493 e. The van der Waals surface area contributed by atoms with E-state index in [1.54, 1.807) is 38.6 Å². The number of aromatic nitrogens is 3. The molecular formula is C25H24N4O4S. The van der Waals surface area contributed by atoms with Crippen LogP contribution in [-0.4, -0.2) is 34.7 Å². The fraction of sp³-hybridized carbons (Fsp3) is 0.200. The lowest BCUT2D eigenvalue weighted by Gasteiger charge is -2.11. The van der Waals surface area contributed by atoms with Crippen molar-refractivity contribution in [1.29, 1.82) is 0 Å². The van der Waals surface area contributed by atoms with Crippen LogP contribution in [0.3, 0.4) is 0 Å². The van der Waals surface area contributed by atoms with E-state index in [2.05, 4.69) is 15.3 Å². The van der Waals surface area contributed by atoms with Crippen molar-refractivity contribution in [1.82, 2.24) is 19.9 Å². The van der Waals surface area contributed by atoms with Crippen molar-refractivity contribution in [2.24, 2.45) is 0 Å². The first-order chi connectivity index (χ1) is 16.5. The molecule has 0 radical (unpaired) electrons. The maximum absolute atomic E-state index is 13.1. The predicted octanol–water partition coefficient (Wildman–Crippen LogP) is 3.64. The van der Waals surface area contributed by atoms with Gasteiger partial charge in [-0.1, -0.05) is 12.1 Å². The number of carbonyl (C=O) groups is 1. The molecule has 2 heterocycles. The Morgan fingerprint density at radius 2 is 1.91 bits per heavy atom. The molecule has 0 saturated heterocycles. The molecule has 8 nitrogen and oxygen atoms in total. The van der Waals surface area contributed by atoms with Crippen molar-refractivity contribution in [2.75, 3.05) is 14.2 Å². The molecule has 4 rings (SSSR count). The lowest BCUT2D eigenvalue weighted by molar-refractivity contribution is 0.0950. The second kappa shape index (κ2) is 10.3. The third kappa shape index (κ3) is 4.99. The van der Waals surface area contributed by atoms with Gasteiger partial charge in [-0.15, -0.1) is 0 Å². The quantitative estimate of drug-likeness (QED) is 0.377. The number of rotatable bonds is 8. The highest BCUT2D eigenvalue weighted by molar-refractivity contribution is 7.71. The second-order valence-electron chi connectivity index (χ2n) is 7.59. The molecule has 1 amide bonds. The van der Waals surface area contributed by atoms with E-state index in [4.69, 9.17) is 21.7 Å². The van der Waals surface area contributed by atoms with E-state index in [1.165, 1.54) is 4.57 Å². The van der Waals surface area contributed by atoms with Gasteiger partial charge in [0.1, 0.15) is 0 Å². The van der Waals surface area contributed by atoms with Gasteiger partial charge in [-0.2, -0.15) is 0 Å². The van der Waals surface area contributed by atoms with Crippen LogP contribution in [0.2, 0.25) is 0 Å². The highest BCUT2D eigenvalue weighted by atomic mass is 32.1. The summed E-state index contributed by atoms with van der Waals surface area (Å²) in [4.78, 5) is 33.0. The fourth-order valence-corrected chi connectivity index (χ4v) is 3.94. The van der Waals surface area contributed by atoms with Gasteiger partial charge < -0.3 is 19.8 Å². The number of methoxy groups -OCH3 is 2. The normalized spacial score (nSPS) is 10.8. The van der Waals surface area contributed by atoms with Gasteiger partial charge in [0, 0.05) is 18.3 Å². The van der Waals surface area contributed by atoms with Gasteiger partial charge in [-0.25, -0.2) is 0 Å². The van der Waals surface area contributed by atoms with Crippen molar-refractivity contribution in [3.8, 4) is 11.5 Å². The fourth-order valence-electron chi connectivity index (χ4n) is 3.65. The van der Waals surface area contributed by atoms with Crippen LogP contribution in [0.1, 0.15) is 21.6 Å². The zero-order valence-electron chi connectivity index (χ0n) is 18.8. The first-order valence-electron chi connectivity index (χ1n) is 10.7. The zero-order chi connectivity index (χ0) is 24.1. The van der Waals surface area contributed by atoms with Gasteiger partial charge in [0.25, 0.3) is 11.5 Å². The molecule has 0 saturated carbocycles. The number of fused-ring (bicyclic) bond motifs is 1. The van der Waals surface area contributed by atoms with Crippen LogP contribution in [0, 0.1) is 4.77 Å². The van der Waals surface area contributed by atoms with E-state index in [1.807, 2.05) is 36.4 Å². The van der Waals surface area contributed by atoms with E-state index in [0.717, 1.165) is 11.3 Å². The minimum atomic E-state index is -0.260. The molecule has 0 aliphatic heterocycles. The molecule has 0 unspecified atom stereocenters. The van der Waals surface area contributed by atoms with Crippen molar-refractivity contribution in [3.05, 3.63) is 92.7 Å². The average Bonchev–Trinajstić information content (AvgIpc) is 2.87. The molecule has 0 aliphatic carbocycles. The Morgan fingerprint density at radius 1 is 1.09 bits per heavy atom. The van der Waals surface area contributed by atoms with Crippen LogP contribution in [0.5, 0.6) is 11.5 Å². The average molecular weight is 477 g/mol. The van der Waals surface area contributed by atoms with Crippen molar-refractivity contribution < 1.29 is 14.3 Å². The minimum Gasteiger partial charge on any atom is -0.493 e. The molecule has 4 aromatic rings. The molecule has 0 bridgehead atoms. The molecule has 9 heteroatoms. The van der Waals surface area contributed by atoms with Crippen LogP contribution in [-0.2, 0) is 19.5 Å². The summed E-state index contributed by atoms with van der Waals surface area (Å²) in [6.07, 6.45) is 2.25. The summed E-state index contributed by atoms with van der Waals surface area (Å²) in [5, 5.41) is 3.29. The third-order valence-corrected chi connectivity index (χ3v) is 5.79. The summed E-state index contributed by atoms with van der Waals surface area (Å²) in [5.74, 6) is 1.01. The number of nitrogens with one attached hydrogen (secondary N) is 2.